The molecule has 0 aliphatic carbocycles. The van der Waals surface area contributed by atoms with Crippen molar-refractivity contribution in [1.29, 1.82) is 0 Å². The molecule has 0 saturated carbocycles. The van der Waals surface area contributed by atoms with Gasteiger partial charge in [0, 0.05) is 42.3 Å². The summed E-state index contributed by atoms with van der Waals surface area (Å²) in [4.78, 5) is 15.9. The summed E-state index contributed by atoms with van der Waals surface area (Å²) in [6.45, 7) is 4.88. The molecule has 0 fully saturated rings. The molecule has 2 N–H and O–H groups in total. The summed E-state index contributed by atoms with van der Waals surface area (Å²) < 4.78 is 8.12. The highest BCUT2D eigenvalue weighted by Gasteiger charge is 2.17. The second kappa shape index (κ2) is 6.88. The van der Waals surface area contributed by atoms with Gasteiger partial charge >= 0.3 is 0 Å². The van der Waals surface area contributed by atoms with Crippen LogP contribution >= 0.6 is 15.9 Å². The smallest absolute Gasteiger partial charge is 0.268 e. The molecule has 4 rings (SSSR count). The van der Waals surface area contributed by atoms with Crippen LogP contribution in [0.1, 0.15) is 16.1 Å². The lowest BCUT2D eigenvalue weighted by atomic mass is 10.1. The molecular weight excluding hydrogens is 394 g/mol. The molecule has 6 heteroatoms. The van der Waals surface area contributed by atoms with Gasteiger partial charge in [-0.25, -0.2) is 0 Å². The number of aromatic nitrogens is 2. The number of furan rings is 1. The summed E-state index contributed by atoms with van der Waals surface area (Å²) in [6, 6.07) is 11.8. The Kier molecular flexibility index (Phi) is 4.42. The molecule has 0 saturated heterocycles. The zero-order valence-corrected chi connectivity index (χ0v) is 15.7. The number of aromatic amines is 1. The van der Waals surface area contributed by atoms with Gasteiger partial charge in [-0.2, -0.15) is 0 Å². The Morgan fingerprint density at radius 2 is 2.19 bits per heavy atom. The molecule has 4 aromatic rings. The number of carbonyl (C=O) groups excluding carboxylic acids is 1. The molecule has 26 heavy (non-hydrogen) atoms. The number of benzene rings is 1. The first kappa shape index (κ1) is 16.7. The average molecular weight is 412 g/mol. The van der Waals surface area contributed by atoms with Gasteiger partial charge in [-0.05, 0) is 34.0 Å². The first-order valence-corrected chi connectivity index (χ1v) is 9.19. The largest absolute Gasteiger partial charge is 0.448 e. The number of carbonyl (C=O) groups is 1. The maximum atomic E-state index is 12.7. The van der Waals surface area contributed by atoms with Crippen LogP contribution < -0.4 is 5.32 Å². The summed E-state index contributed by atoms with van der Waals surface area (Å²) in [6.07, 6.45) is 4.53. The van der Waals surface area contributed by atoms with Gasteiger partial charge in [-0.1, -0.05) is 24.3 Å². The van der Waals surface area contributed by atoms with Gasteiger partial charge in [-0.15, -0.1) is 6.58 Å². The van der Waals surface area contributed by atoms with Crippen molar-refractivity contribution in [1.82, 2.24) is 14.9 Å². The summed E-state index contributed by atoms with van der Waals surface area (Å²) in [7, 11) is 0. The van der Waals surface area contributed by atoms with Crippen LogP contribution in [-0.4, -0.2) is 22.0 Å². The molecule has 5 nitrogen and oxygen atoms in total. The topological polar surface area (TPSA) is 63.0 Å². The summed E-state index contributed by atoms with van der Waals surface area (Å²) in [5.41, 5.74) is 4.43. The third-order valence-corrected chi connectivity index (χ3v) is 4.85. The highest BCUT2D eigenvalue weighted by atomic mass is 79.9. The van der Waals surface area contributed by atoms with Crippen LogP contribution in [0.15, 0.2) is 64.3 Å². The average Bonchev–Trinajstić information content (AvgIpc) is 3.29. The minimum atomic E-state index is -0.116. The number of allylic oxidation sites excluding steroid dienone is 1. The summed E-state index contributed by atoms with van der Waals surface area (Å²) in [5, 5.41) is 4.20. The first-order chi connectivity index (χ1) is 12.7. The molecule has 132 valence electrons. The van der Waals surface area contributed by atoms with Crippen LogP contribution in [0, 0.1) is 0 Å². The quantitative estimate of drug-likeness (QED) is 0.454. The number of halogens is 1. The van der Waals surface area contributed by atoms with Crippen molar-refractivity contribution in [3.05, 3.63) is 71.2 Å². The van der Waals surface area contributed by atoms with Crippen molar-refractivity contribution in [3.8, 4) is 0 Å². The molecule has 0 unspecified atom stereocenters. The van der Waals surface area contributed by atoms with Crippen molar-refractivity contribution < 1.29 is 9.21 Å². The van der Waals surface area contributed by atoms with Crippen molar-refractivity contribution >= 4 is 43.8 Å². The number of hydrogen-bond donors (Lipinski definition) is 2. The van der Waals surface area contributed by atoms with Crippen LogP contribution in [-0.2, 0) is 13.0 Å². The second-order valence-corrected chi connectivity index (χ2v) is 6.88. The van der Waals surface area contributed by atoms with E-state index in [0.29, 0.717) is 29.0 Å². The SMILES string of the molecule is C=CCn1c(C(=O)NCCc2c[nH]c3ccccc23)cc2oc(Br)cc21. The molecular formula is C20H18BrN3O2. The lowest BCUT2D eigenvalue weighted by Gasteiger charge is -2.08. The molecule has 1 aromatic carbocycles. The molecule has 3 heterocycles. The van der Waals surface area contributed by atoms with Gasteiger partial charge in [0.1, 0.15) is 5.69 Å². The van der Waals surface area contributed by atoms with E-state index in [1.165, 1.54) is 10.9 Å². The zero-order chi connectivity index (χ0) is 18.1. The number of rotatable bonds is 6. The third-order valence-electron chi connectivity index (χ3n) is 4.46. The van der Waals surface area contributed by atoms with Crippen LogP contribution in [0.2, 0.25) is 0 Å². The lowest BCUT2D eigenvalue weighted by molar-refractivity contribution is 0.0946. The number of hydrogen-bond acceptors (Lipinski definition) is 2. The minimum Gasteiger partial charge on any atom is -0.448 e. The summed E-state index contributed by atoms with van der Waals surface area (Å²) in [5.74, 6) is -0.116. The number of amides is 1. The maximum Gasteiger partial charge on any atom is 0.268 e. The van der Waals surface area contributed by atoms with Crippen molar-refractivity contribution in [3.63, 3.8) is 0 Å². The van der Waals surface area contributed by atoms with E-state index < -0.39 is 0 Å². The van der Waals surface area contributed by atoms with Crippen molar-refractivity contribution in [2.24, 2.45) is 0 Å². The van der Waals surface area contributed by atoms with Crippen LogP contribution in [0.4, 0.5) is 0 Å². The standard InChI is InChI=1S/C20H18BrN3O2/c1-2-9-24-16-11-19(21)26-18(16)10-17(24)20(25)22-8-7-13-12-23-15-6-4-3-5-14(13)15/h2-6,10-12,23H,1,7-9H2,(H,22,25). The van der Waals surface area contributed by atoms with E-state index in [1.54, 1.807) is 12.1 Å². The predicted molar refractivity (Wildman–Crippen MR) is 106 cm³/mol. The van der Waals surface area contributed by atoms with Crippen molar-refractivity contribution in [2.75, 3.05) is 6.54 Å². The zero-order valence-electron chi connectivity index (χ0n) is 14.1. The van der Waals surface area contributed by atoms with Crippen molar-refractivity contribution in [2.45, 2.75) is 13.0 Å². The van der Waals surface area contributed by atoms with Crippen LogP contribution in [0.25, 0.3) is 22.0 Å². The van der Waals surface area contributed by atoms with Gasteiger partial charge in [0.05, 0.1) is 5.52 Å². The Morgan fingerprint density at radius 1 is 1.35 bits per heavy atom. The normalized spacial score (nSPS) is 11.3. The van der Waals surface area contributed by atoms with Gasteiger partial charge in [-0.3, -0.25) is 4.79 Å². The molecule has 3 aromatic heterocycles. The van der Waals surface area contributed by atoms with E-state index >= 15 is 0 Å². The Labute approximate surface area is 158 Å². The van der Waals surface area contributed by atoms with E-state index in [1.807, 2.05) is 35.0 Å². The summed E-state index contributed by atoms with van der Waals surface area (Å²) >= 11 is 3.33. The van der Waals surface area contributed by atoms with E-state index in [2.05, 4.69) is 38.9 Å². The molecule has 0 aliphatic rings. The molecule has 0 atom stereocenters. The van der Waals surface area contributed by atoms with Gasteiger partial charge < -0.3 is 19.3 Å². The third kappa shape index (κ3) is 2.97. The number of para-hydroxylation sites is 1. The number of nitrogens with one attached hydrogen (secondary N) is 2. The molecule has 0 aliphatic heterocycles. The van der Waals surface area contributed by atoms with Gasteiger partial charge in [0.25, 0.3) is 5.91 Å². The van der Waals surface area contributed by atoms with Crippen LogP contribution in [0.3, 0.4) is 0 Å². The first-order valence-electron chi connectivity index (χ1n) is 8.40. The number of H-pyrrole nitrogens is 1. The van der Waals surface area contributed by atoms with E-state index in [4.69, 9.17) is 4.42 Å². The Balaban J connectivity index is 1.49. The van der Waals surface area contributed by atoms with Gasteiger partial charge in [0.15, 0.2) is 10.3 Å². The van der Waals surface area contributed by atoms with E-state index in [9.17, 15) is 4.79 Å². The monoisotopic (exact) mass is 411 g/mol. The molecule has 0 radical (unpaired) electrons. The number of nitrogens with zero attached hydrogens (tertiary/aromatic N) is 1. The van der Waals surface area contributed by atoms with E-state index in [0.717, 1.165) is 17.5 Å². The molecule has 0 bridgehead atoms. The predicted octanol–water partition coefficient (Wildman–Crippen LogP) is 4.64. The Bertz CT molecular complexity index is 1100. The fourth-order valence-corrected chi connectivity index (χ4v) is 3.66. The molecule has 1 amide bonds. The van der Waals surface area contributed by atoms with Crippen LogP contribution in [0.5, 0.6) is 0 Å². The Hall–Kier alpha value is -2.73. The maximum absolute atomic E-state index is 12.7. The molecule has 0 spiro atoms. The highest BCUT2D eigenvalue weighted by Crippen LogP contribution is 2.27. The Morgan fingerprint density at radius 3 is 3.04 bits per heavy atom. The number of fused-ring (bicyclic) bond motifs is 2. The second-order valence-electron chi connectivity index (χ2n) is 6.09. The van der Waals surface area contributed by atoms with E-state index in [-0.39, 0.29) is 5.91 Å². The fourth-order valence-electron chi connectivity index (χ4n) is 3.27. The minimum absolute atomic E-state index is 0.116. The van der Waals surface area contributed by atoms with Gasteiger partial charge in [0.2, 0.25) is 0 Å². The lowest BCUT2D eigenvalue weighted by Crippen LogP contribution is -2.27. The highest BCUT2D eigenvalue weighted by molar-refractivity contribution is 9.10. The fraction of sp³-hybridized carbons (Fsp3) is 0.150.